The van der Waals surface area contributed by atoms with Crippen LogP contribution in [-0.4, -0.2) is 23.8 Å². The van der Waals surface area contributed by atoms with E-state index in [4.69, 9.17) is 4.74 Å². The Morgan fingerprint density at radius 3 is 2.48 bits per heavy atom. The number of nitrogens with one attached hydrogen (secondary N) is 2. The molecule has 0 bridgehead atoms. The van der Waals surface area contributed by atoms with Crippen molar-refractivity contribution in [2.75, 3.05) is 10.6 Å². The first-order chi connectivity index (χ1) is 12.6. The number of fused-ring (bicyclic) bond motifs is 1. The van der Waals surface area contributed by atoms with E-state index in [0.717, 1.165) is 17.7 Å². The van der Waals surface area contributed by atoms with Gasteiger partial charge >= 0.3 is 6.36 Å². The first-order valence-corrected chi connectivity index (χ1v) is 7.85. The van der Waals surface area contributed by atoms with E-state index in [1.54, 1.807) is 18.2 Å². The Labute approximate surface area is 152 Å². The number of amides is 2. The van der Waals surface area contributed by atoms with Crippen LogP contribution >= 0.6 is 0 Å². The number of alkyl halides is 3. The molecular formula is C18H15F3N2O4. The number of anilines is 2. The first kappa shape index (κ1) is 18.6. The highest BCUT2D eigenvalue weighted by molar-refractivity contribution is 6.19. The molecule has 0 saturated heterocycles. The summed E-state index contributed by atoms with van der Waals surface area (Å²) in [5, 5.41) is 5.08. The second-order valence-corrected chi connectivity index (χ2v) is 6.12. The van der Waals surface area contributed by atoms with Crippen molar-refractivity contribution < 1.29 is 32.2 Å². The van der Waals surface area contributed by atoms with Gasteiger partial charge in [0.05, 0.1) is 5.69 Å². The van der Waals surface area contributed by atoms with Crippen molar-refractivity contribution in [1.29, 1.82) is 0 Å². The van der Waals surface area contributed by atoms with Gasteiger partial charge in [-0.3, -0.25) is 9.59 Å². The molecule has 27 heavy (non-hydrogen) atoms. The van der Waals surface area contributed by atoms with E-state index in [1.807, 2.05) is 6.92 Å². The van der Waals surface area contributed by atoms with Crippen LogP contribution < -0.4 is 20.1 Å². The standard InChI is InChI=1S/C18H15F3N2O4/c1-10-3-8-14-13(9-10)23-16(25)17(2,27-14)15(24)22-11-4-6-12(7-5-11)26-18(19,20)21/h3-9H,1-2H3,(H,22,24)(H,23,25). The molecule has 0 saturated carbocycles. The molecule has 2 N–H and O–H groups in total. The quantitative estimate of drug-likeness (QED) is 0.798. The molecule has 3 rings (SSSR count). The summed E-state index contributed by atoms with van der Waals surface area (Å²) in [4.78, 5) is 25.0. The highest BCUT2D eigenvalue weighted by atomic mass is 19.4. The van der Waals surface area contributed by atoms with Gasteiger partial charge in [-0.1, -0.05) is 6.07 Å². The molecule has 6 nitrogen and oxygen atoms in total. The summed E-state index contributed by atoms with van der Waals surface area (Å²) >= 11 is 0. The molecule has 1 atom stereocenters. The Bertz CT molecular complexity index is 896. The maximum atomic E-state index is 12.6. The monoisotopic (exact) mass is 380 g/mol. The lowest BCUT2D eigenvalue weighted by molar-refractivity contribution is -0.274. The van der Waals surface area contributed by atoms with Gasteiger partial charge in [-0.05, 0) is 55.8 Å². The minimum atomic E-state index is -4.81. The highest BCUT2D eigenvalue weighted by Crippen LogP contribution is 2.35. The predicted octanol–water partition coefficient (Wildman–Crippen LogP) is 3.62. The minimum absolute atomic E-state index is 0.182. The van der Waals surface area contributed by atoms with E-state index in [-0.39, 0.29) is 5.69 Å². The van der Waals surface area contributed by atoms with Crippen LogP contribution in [0.5, 0.6) is 11.5 Å². The number of hydrogen-bond donors (Lipinski definition) is 2. The lowest BCUT2D eigenvalue weighted by atomic mass is 10.0. The van der Waals surface area contributed by atoms with Gasteiger partial charge in [0.25, 0.3) is 17.4 Å². The molecule has 2 aromatic carbocycles. The third-order valence-electron chi connectivity index (χ3n) is 3.91. The lowest BCUT2D eigenvalue weighted by Gasteiger charge is -2.33. The maximum Gasteiger partial charge on any atom is 0.573 e. The first-order valence-electron chi connectivity index (χ1n) is 7.85. The third-order valence-corrected chi connectivity index (χ3v) is 3.91. The van der Waals surface area contributed by atoms with Crippen molar-refractivity contribution in [3.8, 4) is 11.5 Å². The summed E-state index contributed by atoms with van der Waals surface area (Å²) in [6, 6.07) is 9.66. The van der Waals surface area contributed by atoms with Gasteiger partial charge in [0.15, 0.2) is 0 Å². The second-order valence-electron chi connectivity index (χ2n) is 6.12. The van der Waals surface area contributed by atoms with Gasteiger partial charge in [-0.15, -0.1) is 13.2 Å². The molecule has 142 valence electrons. The zero-order valence-electron chi connectivity index (χ0n) is 14.3. The molecule has 2 amide bonds. The van der Waals surface area contributed by atoms with Crippen LogP contribution in [0.15, 0.2) is 42.5 Å². The van der Waals surface area contributed by atoms with E-state index in [0.29, 0.717) is 11.4 Å². The summed E-state index contributed by atoms with van der Waals surface area (Å²) in [5.41, 5.74) is -0.295. The molecular weight excluding hydrogens is 365 g/mol. The largest absolute Gasteiger partial charge is 0.573 e. The Hall–Kier alpha value is -3.23. The molecule has 1 unspecified atom stereocenters. The number of ether oxygens (including phenoxy) is 2. The van der Waals surface area contributed by atoms with Crippen molar-refractivity contribution in [1.82, 2.24) is 0 Å². The summed E-state index contributed by atoms with van der Waals surface area (Å²) < 4.78 is 45.9. The fourth-order valence-electron chi connectivity index (χ4n) is 2.48. The normalized spacial score (nSPS) is 18.8. The summed E-state index contributed by atoms with van der Waals surface area (Å²) in [6.45, 7) is 3.15. The number of carbonyl (C=O) groups excluding carboxylic acids is 2. The van der Waals surface area contributed by atoms with E-state index < -0.39 is 29.5 Å². The van der Waals surface area contributed by atoms with Crippen LogP contribution in [0.4, 0.5) is 24.5 Å². The number of benzene rings is 2. The molecule has 0 fully saturated rings. The Balaban J connectivity index is 1.75. The topological polar surface area (TPSA) is 76.7 Å². The smallest absolute Gasteiger partial charge is 0.466 e. The average molecular weight is 380 g/mol. The SMILES string of the molecule is Cc1ccc2c(c1)NC(=O)C(C)(C(=O)Nc1ccc(OC(F)(F)F)cc1)O2. The highest BCUT2D eigenvalue weighted by Gasteiger charge is 2.47. The van der Waals surface area contributed by atoms with E-state index in [1.165, 1.54) is 19.1 Å². The molecule has 9 heteroatoms. The van der Waals surface area contributed by atoms with Crippen molar-refractivity contribution in [3.63, 3.8) is 0 Å². The zero-order valence-corrected chi connectivity index (χ0v) is 14.3. The number of carbonyl (C=O) groups is 2. The fraction of sp³-hybridized carbons (Fsp3) is 0.222. The van der Waals surface area contributed by atoms with Crippen LogP contribution in [0.2, 0.25) is 0 Å². The molecule has 0 spiro atoms. The Morgan fingerprint density at radius 1 is 1.19 bits per heavy atom. The van der Waals surface area contributed by atoms with Gasteiger partial charge in [0.1, 0.15) is 11.5 Å². The summed E-state index contributed by atoms with van der Waals surface area (Å²) in [5.74, 6) is -1.51. The van der Waals surface area contributed by atoms with Crippen LogP contribution in [0.1, 0.15) is 12.5 Å². The third kappa shape index (κ3) is 3.97. The second kappa shape index (κ2) is 6.49. The molecule has 1 aliphatic heterocycles. The molecule has 1 heterocycles. The summed E-state index contributed by atoms with van der Waals surface area (Å²) in [7, 11) is 0. The molecule has 0 aromatic heterocycles. The maximum absolute atomic E-state index is 12.6. The van der Waals surface area contributed by atoms with Gasteiger partial charge in [-0.2, -0.15) is 0 Å². The molecule has 0 radical (unpaired) electrons. The van der Waals surface area contributed by atoms with Crippen LogP contribution in [0, 0.1) is 6.92 Å². The Kier molecular flexibility index (Phi) is 4.46. The summed E-state index contributed by atoms with van der Waals surface area (Å²) in [6.07, 6.45) is -4.81. The molecule has 0 aliphatic carbocycles. The average Bonchev–Trinajstić information content (AvgIpc) is 2.57. The zero-order chi connectivity index (χ0) is 19.8. The number of hydrogen-bond acceptors (Lipinski definition) is 4. The van der Waals surface area contributed by atoms with Crippen LogP contribution in [0.3, 0.4) is 0 Å². The van der Waals surface area contributed by atoms with Gasteiger partial charge in [0.2, 0.25) is 0 Å². The van der Waals surface area contributed by atoms with Crippen LogP contribution in [-0.2, 0) is 9.59 Å². The fourth-order valence-corrected chi connectivity index (χ4v) is 2.48. The Morgan fingerprint density at radius 2 is 1.85 bits per heavy atom. The van der Waals surface area contributed by atoms with Crippen LogP contribution in [0.25, 0.3) is 0 Å². The van der Waals surface area contributed by atoms with E-state index >= 15 is 0 Å². The number of rotatable bonds is 3. The van der Waals surface area contributed by atoms with Gasteiger partial charge in [-0.25, -0.2) is 0 Å². The number of aryl methyl sites for hydroxylation is 1. The van der Waals surface area contributed by atoms with E-state index in [9.17, 15) is 22.8 Å². The van der Waals surface area contributed by atoms with Crippen molar-refractivity contribution >= 4 is 23.2 Å². The van der Waals surface area contributed by atoms with Crippen molar-refractivity contribution in [3.05, 3.63) is 48.0 Å². The van der Waals surface area contributed by atoms with Gasteiger partial charge < -0.3 is 20.1 Å². The minimum Gasteiger partial charge on any atom is -0.466 e. The molecule has 2 aromatic rings. The van der Waals surface area contributed by atoms with Crippen molar-refractivity contribution in [2.24, 2.45) is 0 Å². The molecule has 1 aliphatic rings. The van der Waals surface area contributed by atoms with Crippen molar-refractivity contribution in [2.45, 2.75) is 25.8 Å². The van der Waals surface area contributed by atoms with E-state index in [2.05, 4.69) is 15.4 Å². The lowest BCUT2D eigenvalue weighted by Crippen LogP contribution is -2.56. The number of halogens is 3. The predicted molar refractivity (Wildman–Crippen MR) is 90.6 cm³/mol. The van der Waals surface area contributed by atoms with Gasteiger partial charge in [0, 0.05) is 5.69 Å².